The van der Waals surface area contributed by atoms with Gasteiger partial charge >= 0.3 is 0 Å². The number of rotatable bonds is 8. The molecule has 0 saturated heterocycles. The molecule has 7 nitrogen and oxygen atoms in total. The average molecular weight is 373 g/mol. The second-order valence-electron chi connectivity index (χ2n) is 5.57. The van der Waals surface area contributed by atoms with Gasteiger partial charge in [-0.1, -0.05) is 6.92 Å². The number of nitrogens with one attached hydrogen (secondary N) is 1. The molecule has 3 aromatic rings. The van der Waals surface area contributed by atoms with Crippen molar-refractivity contribution in [3.8, 4) is 0 Å². The second-order valence-corrected chi connectivity index (χ2v) is 6.51. The number of carbonyl (C=O) groups excluding carboxylic acids is 2. The number of furan rings is 2. The third kappa shape index (κ3) is 4.60. The van der Waals surface area contributed by atoms with E-state index >= 15 is 0 Å². The van der Waals surface area contributed by atoms with Gasteiger partial charge in [0, 0.05) is 11.8 Å². The van der Waals surface area contributed by atoms with Crippen LogP contribution in [0.2, 0.25) is 0 Å². The minimum Gasteiger partial charge on any atom is -0.467 e. The van der Waals surface area contributed by atoms with Crippen molar-refractivity contribution in [3.05, 3.63) is 64.4 Å². The molecule has 26 heavy (non-hydrogen) atoms. The van der Waals surface area contributed by atoms with Gasteiger partial charge in [-0.25, -0.2) is 4.98 Å². The minimum atomic E-state index is -0.275. The molecular formula is C18H19N3O4S. The Labute approximate surface area is 154 Å². The number of aromatic nitrogens is 1. The van der Waals surface area contributed by atoms with Gasteiger partial charge in [-0.15, -0.1) is 11.3 Å². The van der Waals surface area contributed by atoms with Gasteiger partial charge in [-0.05, 0) is 24.3 Å². The maximum absolute atomic E-state index is 12.2. The molecule has 136 valence electrons. The van der Waals surface area contributed by atoms with Gasteiger partial charge in [0.1, 0.15) is 22.2 Å². The Kier molecular flexibility index (Phi) is 5.85. The van der Waals surface area contributed by atoms with Crippen LogP contribution in [0.25, 0.3) is 0 Å². The molecule has 2 amide bonds. The van der Waals surface area contributed by atoms with Crippen molar-refractivity contribution in [2.45, 2.75) is 33.0 Å². The average Bonchev–Trinajstić information content (AvgIpc) is 3.40. The maximum atomic E-state index is 12.2. The minimum absolute atomic E-state index is 0.000390. The molecule has 3 heterocycles. The SMILES string of the molecule is CCC(=O)N(Cc1ccco1)Cc1nc(C(=O)NCc2ccco2)cs1. The Bertz CT molecular complexity index is 840. The molecule has 3 rings (SSSR count). The molecule has 0 spiro atoms. The summed E-state index contributed by atoms with van der Waals surface area (Å²) in [7, 11) is 0. The van der Waals surface area contributed by atoms with Crippen molar-refractivity contribution >= 4 is 23.2 Å². The molecule has 0 fully saturated rings. The lowest BCUT2D eigenvalue weighted by Gasteiger charge is -2.19. The lowest BCUT2D eigenvalue weighted by atomic mass is 10.3. The van der Waals surface area contributed by atoms with Gasteiger partial charge in [-0.3, -0.25) is 9.59 Å². The van der Waals surface area contributed by atoms with Crippen molar-refractivity contribution < 1.29 is 18.4 Å². The normalized spacial score (nSPS) is 10.7. The second kappa shape index (κ2) is 8.48. The fourth-order valence-corrected chi connectivity index (χ4v) is 3.16. The summed E-state index contributed by atoms with van der Waals surface area (Å²) in [6, 6.07) is 7.16. The summed E-state index contributed by atoms with van der Waals surface area (Å²) in [5, 5.41) is 5.14. The van der Waals surface area contributed by atoms with E-state index in [-0.39, 0.29) is 11.8 Å². The molecule has 0 aliphatic heterocycles. The molecule has 0 aromatic carbocycles. The Morgan fingerprint density at radius 3 is 2.54 bits per heavy atom. The summed E-state index contributed by atoms with van der Waals surface area (Å²) in [5.41, 5.74) is 0.332. The van der Waals surface area contributed by atoms with Crippen LogP contribution in [0.15, 0.2) is 51.0 Å². The topological polar surface area (TPSA) is 88.6 Å². The molecule has 3 aromatic heterocycles. The van der Waals surface area contributed by atoms with Crippen LogP contribution in [0, 0.1) is 0 Å². The van der Waals surface area contributed by atoms with Gasteiger partial charge in [0.05, 0.1) is 32.2 Å². The van der Waals surface area contributed by atoms with Crippen LogP contribution in [0.4, 0.5) is 0 Å². The Hall–Kier alpha value is -2.87. The summed E-state index contributed by atoms with van der Waals surface area (Å²) < 4.78 is 10.5. The van der Waals surface area contributed by atoms with E-state index < -0.39 is 0 Å². The van der Waals surface area contributed by atoms with Crippen LogP contribution >= 0.6 is 11.3 Å². The van der Waals surface area contributed by atoms with Crippen LogP contribution in [0.5, 0.6) is 0 Å². The first-order chi connectivity index (χ1) is 12.7. The van der Waals surface area contributed by atoms with Crippen LogP contribution in [0.3, 0.4) is 0 Å². The first kappa shape index (κ1) is 17.9. The molecule has 0 atom stereocenters. The van der Waals surface area contributed by atoms with Gasteiger partial charge in [0.25, 0.3) is 5.91 Å². The van der Waals surface area contributed by atoms with E-state index in [0.717, 1.165) is 0 Å². The lowest BCUT2D eigenvalue weighted by Crippen LogP contribution is -2.29. The molecule has 0 unspecified atom stereocenters. The Morgan fingerprint density at radius 1 is 1.15 bits per heavy atom. The monoisotopic (exact) mass is 373 g/mol. The molecule has 0 aliphatic rings. The zero-order chi connectivity index (χ0) is 18.4. The van der Waals surface area contributed by atoms with E-state index in [4.69, 9.17) is 8.83 Å². The van der Waals surface area contributed by atoms with Crippen molar-refractivity contribution in [1.82, 2.24) is 15.2 Å². The summed E-state index contributed by atoms with van der Waals surface area (Å²) in [6.45, 7) is 2.83. The third-order valence-electron chi connectivity index (χ3n) is 3.70. The van der Waals surface area contributed by atoms with Crippen molar-refractivity contribution in [1.29, 1.82) is 0 Å². The van der Waals surface area contributed by atoms with E-state index in [2.05, 4.69) is 10.3 Å². The molecule has 0 radical (unpaired) electrons. The fraction of sp³-hybridized carbons (Fsp3) is 0.278. The summed E-state index contributed by atoms with van der Waals surface area (Å²) >= 11 is 1.35. The Morgan fingerprint density at radius 2 is 1.88 bits per heavy atom. The van der Waals surface area contributed by atoms with Crippen molar-refractivity contribution in [2.24, 2.45) is 0 Å². The quantitative estimate of drug-likeness (QED) is 0.655. The number of thiazole rings is 1. The fourth-order valence-electron chi connectivity index (χ4n) is 2.37. The first-order valence-electron chi connectivity index (χ1n) is 8.21. The standard InChI is InChI=1S/C18H19N3O4S/c1-2-17(22)21(10-14-6-4-8-25-14)11-16-20-15(12-26-16)18(23)19-9-13-5-3-7-24-13/h3-8,12H,2,9-11H2,1H3,(H,19,23). The number of carbonyl (C=O) groups is 2. The van der Waals surface area contributed by atoms with Gasteiger partial charge in [0.2, 0.25) is 5.91 Å². The van der Waals surface area contributed by atoms with E-state index in [9.17, 15) is 9.59 Å². The van der Waals surface area contributed by atoms with E-state index in [1.165, 1.54) is 11.3 Å². The molecule has 1 N–H and O–H groups in total. The highest BCUT2D eigenvalue weighted by Gasteiger charge is 2.17. The third-order valence-corrected chi connectivity index (χ3v) is 4.53. The van der Waals surface area contributed by atoms with Crippen molar-refractivity contribution in [2.75, 3.05) is 0 Å². The van der Waals surface area contributed by atoms with E-state index in [1.54, 1.807) is 41.0 Å². The summed E-state index contributed by atoms with van der Waals surface area (Å²) in [4.78, 5) is 30.4. The number of hydrogen-bond acceptors (Lipinski definition) is 6. The van der Waals surface area contributed by atoms with Crippen LogP contribution in [0.1, 0.15) is 40.4 Å². The largest absolute Gasteiger partial charge is 0.467 e. The highest BCUT2D eigenvalue weighted by molar-refractivity contribution is 7.09. The zero-order valence-corrected chi connectivity index (χ0v) is 15.1. The van der Waals surface area contributed by atoms with E-state index in [1.807, 2.05) is 13.0 Å². The van der Waals surface area contributed by atoms with E-state index in [0.29, 0.717) is 48.3 Å². The molecule has 8 heteroatoms. The van der Waals surface area contributed by atoms with Crippen LogP contribution in [-0.2, 0) is 24.4 Å². The van der Waals surface area contributed by atoms with Gasteiger partial charge in [0.15, 0.2) is 0 Å². The van der Waals surface area contributed by atoms with Crippen LogP contribution < -0.4 is 5.32 Å². The van der Waals surface area contributed by atoms with Gasteiger partial charge < -0.3 is 19.1 Å². The molecule has 0 saturated carbocycles. The lowest BCUT2D eigenvalue weighted by molar-refractivity contribution is -0.132. The maximum Gasteiger partial charge on any atom is 0.271 e. The highest BCUT2D eigenvalue weighted by atomic mass is 32.1. The number of amides is 2. The predicted octanol–water partition coefficient (Wildman–Crippen LogP) is 3.20. The molecule has 0 aliphatic carbocycles. The summed E-state index contributed by atoms with van der Waals surface area (Å²) in [6.07, 6.45) is 3.53. The highest BCUT2D eigenvalue weighted by Crippen LogP contribution is 2.16. The van der Waals surface area contributed by atoms with Crippen molar-refractivity contribution in [3.63, 3.8) is 0 Å². The smallest absolute Gasteiger partial charge is 0.271 e. The molecule has 0 bridgehead atoms. The number of nitrogens with zero attached hydrogens (tertiary/aromatic N) is 2. The van der Waals surface area contributed by atoms with Gasteiger partial charge in [-0.2, -0.15) is 0 Å². The summed E-state index contributed by atoms with van der Waals surface area (Å²) in [5.74, 6) is 1.11. The zero-order valence-electron chi connectivity index (χ0n) is 14.3. The predicted molar refractivity (Wildman–Crippen MR) is 95.2 cm³/mol. The van der Waals surface area contributed by atoms with Crippen LogP contribution in [-0.4, -0.2) is 21.7 Å². The first-order valence-corrected chi connectivity index (χ1v) is 9.08. The molecular weight excluding hydrogens is 354 g/mol. The Balaban J connectivity index is 1.61. The number of hydrogen-bond donors (Lipinski definition) is 1.